The number of nitrogens with two attached hydrogens (primary N) is 1. The first kappa shape index (κ1) is 14.7. The van der Waals surface area contributed by atoms with E-state index in [-0.39, 0.29) is 5.56 Å². The van der Waals surface area contributed by atoms with Gasteiger partial charge in [0.15, 0.2) is 0 Å². The van der Waals surface area contributed by atoms with Gasteiger partial charge in [0, 0.05) is 5.56 Å². The lowest BCUT2D eigenvalue weighted by molar-refractivity contribution is -0.141. The predicted octanol–water partition coefficient (Wildman–Crippen LogP) is 1.84. The fourth-order valence-electron chi connectivity index (χ4n) is 3.07. The van der Waals surface area contributed by atoms with E-state index >= 15 is 0 Å². The smallest absolute Gasteiger partial charge is 0.318 e. The average molecular weight is 321 g/mol. The van der Waals surface area contributed by atoms with Crippen LogP contribution in [-0.4, -0.2) is 19.5 Å². The van der Waals surface area contributed by atoms with Crippen molar-refractivity contribution >= 4 is 16.0 Å². The van der Waals surface area contributed by atoms with E-state index in [4.69, 9.17) is 5.14 Å². The van der Waals surface area contributed by atoms with Crippen molar-refractivity contribution in [2.75, 3.05) is 0 Å². The van der Waals surface area contributed by atoms with Crippen molar-refractivity contribution in [1.82, 2.24) is 0 Å². The van der Waals surface area contributed by atoms with Crippen LogP contribution < -0.4 is 5.14 Å². The first-order valence-electron chi connectivity index (χ1n) is 6.38. The van der Waals surface area contributed by atoms with Gasteiger partial charge < -0.3 is 5.11 Å². The lowest BCUT2D eigenvalue weighted by Crippen LogP contribution is -2.34. The van der Waals surface area contributed by atoms with Crippen LogP contribution in [0.5, 0.6) is 0 Å². The van der Waals surface area contributed by atoms with Crippen molar-refractivity contribution in [3.63, 3.8) is 0 Å². The zero-order valence-corrected chi connectivity index (χ0v) is 12.3. The number of carboxylic acids is 1. The molecule has 7 heteroatoms. The van der Waals surface area contributed by atoms with E-state index in [1.54, 1.807) is 24.3 Å². The molecular weight excluding hydrogens is 309 g/mol. The lowest BCUT2D eigenvalue weighted by atomic mass is 9.80. The Bertz CT molecular complexity index is 923. The van der Waals surface area contributed by atoms with Crippen molar-refractivity contribution in [3.05, 3.63) is 53.3 Å². The van der Waals surface area contributed by atoms with Crippen molar-refractivity contribution in [2.45, 2.75) is 17.2 Å². The standard InChI is InChI=1S/C15H12FNO4S/c1-15(14(18)19)10-5-3-2-4-8(10)9-6-7-11(16)13(12(9)15)22(17,20)21/h2-7H,1H3,(H,18,19)(H2,17,20,21). The van der Waals surface area contributed by atoms with Crippen molar-refractivity contribution in [3.8, 4) is 11.1 Å². The van der Waals surface area contributed by atoms with Gasteiger partial charge in [0.2, 0.25) is 10.0 Å². The van der Waals surface area contributed by atoms with Crippen LogP contribution in [0.15, 0.2) is 41.3 Å². The Hall–Kier alpha value is -2.25. The van der Waals surface area contributed by atoms with Crippen molar-refractivity contribution < 1.29 is 22.7 Å². The third kappa shape index (κ3) is 1.72. The summed E-state index contributed by atoms with van der Waals surface area (Å²) in [4.78, 5) is 11.1. The lowest BCUT2D eigenvalue weighted by Gasteiger charge is -2.23. The fraction of sp³-hybridized carbons (Fsp3) is 0.133. The molecule has 0 spiro atoms. The number of fused-ring (bicyclic) bond motifs is 3. The number of rotatable bonds is 2. The van der Waals surface area contributed by atoms with Crippen molar-refractivity contribution in [1.29, 1.82) is 0 Å². The second-order valence-corrected chi connectivity index (χ2v) is 6.82. The Morgan fingerprint density at radius 2 is 1.82 bits per heavy atom. The first-order valence-corrected chi connectivity index (χ1v) is 7.92. The molecule has 0 heterocycles. The second-order valence-electron chi connectivity index (χ2n) is 5.32. The molecule has 2 aromatic rings. The largest absolute Gasteiger partial charge is 0.480 e. The van der Waals surface area contributed by atoms with Gasteiger partial charge in [0.1, 0.15) is 16.1 Å². The zero-order valence-electron chi connectivity index (χ0n) is 11.5. The first-order chi connectivity index (χ1) is 10.2. The Balaban J connectivity index is 2.56. The van der Waals surface area contributed by atoms with E-state index in [1.165, 1.54) is 13.0 Å². The maximum Gasteiger partial charge on any atom is 0.318 e. The molecule has 0 saturated carbocycles. The molecule has 3 N–H and O–H groups in total. The van der Waals surface area contributed by atoms with Crippen LogP contribution in [-0.2, 0) is 20.2 Å². The number of primary sulfonamides is 1. The molecule has 22 heavy (non-hydrogen) atoms. The maximum absolute atomic E-state index is 14.1. The number of benzene rings is 2. The minimum Gasteiger partial charge on any atom is -0.480 e. The highest BCUT2D eigenvalue weighted by molar-refractivity contribution is 7.89. The van der Waals surface area contributed by atoms with Crippen LogP contribution in [0.1, 0.15) is 18.1 Å². The SMILES string of the molecule is CC1(C(=O)O)c2ccccc2-c2ccc(F)c(S(N)(=O)=O)c21. The summed E-state index contributed by atoms with van der Waals surface area (Å²) in [5, 5.41) is 14.8. The van der Waals surface area contributed by atoms with Crippen LogP contribution in [0.4, 0.5) is 4.39 Å². The van der Waals surface area contributed by atoms with Crippen LogP contribution in [0.2, 0.25) is 0 Å². The number of carboxylic acid groups (broad SMARTS) is 1. The van der Waals surface area contributed by atoms with Crippen LogP contribution in [0, 0.1) is 5.82 Å². The summed E-state index contributed by atoms with van der Waals surface area (Å²) in [5.41, 5.74) is -0.467. The summed E-state index contributed by atoms with van der Waals surface area (Å²) in [7, 11) is -4.42. The van der Waals surface area contributed by atoms with Gasteiger partial charge >= 0.3 is 5.97 Å². The van der Waals surface area contributed by atoms with E-state index in [1.807, 2.05) is 0 Å². The summed E-state index contributed by atoms with van der Waals surface area (Å²) in [5.74, 6) is -2.32. The molecule has 0 bridgehead atoms. The third-order valence-electron chi connectivity index (χ3n) is 4.08. The predicted molar refractivity (Wildman–Crippen MR) is 77.3 cm³/mol. The van der Waals surface area contributed by atoms with Gasteiger partial charge in [-0.15, -0.1) is 0 Å². The molecule has 114 valence electrons. The van der Waals surface area contributed by atoms with Gasteiger partial charge in [-0.1, -0.05) is 30.3 Å². The van der Waals surface area contributed by atoms with Gasteiger partial charge in [-0.3, -0.25) is 4.79 Å². The minimum absolute atomic E-state index is 0.122. The molecule has 1 unspecified atom stereocenters. The summed E-state index contributed by atoms with van der Waals surface area (Å²) in [6, 6.07) is 8.99. The molecule has 0 saturated heterocycles. The highest BCUT2D eigenvalue weighted by Gasteiger charge is 2.49. The second kappa shape index (κ2) is 4.37. The third-order valence-corrected chi connectivity index (χ3v) is 5.05. The van der Waals surface area contributed by atoms with E-state index in [0.717, 1.165) is 6.07 Å². The van der Waals surface area contributed by atoms with Crippen molar-refractivity contribution in [2.24, 2.45) is 5.14 Å². The molecule has 3 rings (SSSR count). The zero-order chi connectivity index (χ0) is 16.3. The Kier molecular flexibility index (Phi) is 2.92. The Labute approximate surface area is 126 Å². The fourth-order valence-corrected chi connectivity index (χ4v) is 4.01. The molecule has 0 radical (unpaired) electrons. The quantitative estimate of drug-likeness (QED) is 0.882. The maximum atomic E-state index is 14.1. The van der Waals surface area contributed by atoms with Crippen LogP contribution in [0.25, 0.3) is 11.1 Å². The molecule has 1 aliphatic carbocycles. The monoisotopic (exact) mass is 321 g/mol. The highest BCUT2D eigenvalue weighted by atomic mass is 32.2. The van der Waals surface area contributed by atoms with E-state index in [9.17, 15) is 22.7 Å². The van der Waals surface area contributed by atoms with E-state index < -0.39 is 32.1 Å². The molecule has 1 aliphatic rings. The normalized spacial score (nSPS) is 19.6. The number of carbonyl (C=O) groups is 1. The Morgan fingerprint density at radius 1 is 1.18 bits per heavy atom. The van der Waals surface area contributed by atoms with Gasteiger partial charge in [0.05, 0.1) is 0 Å². The average Bonchev–Trinajstić information content (AvgIpc) is 2.69. The molecule has 0 fully saturated rings. The minimum atomic E-state index is -4.42. The molecule has 0 amide bonds. The molecule has 5 nitrogen and oxygen atoms in total. The number of sulfonamides is 1. The summed E-state index contributed by atoms with van der Waals surface area (Å²) >= 11 is 0. The molecule has 1 atom stereocenters. The van der Waals surface area contributed by atoms with Crippen LogP contribution in [0.3, 0.4) is 0 Å². The molecule has 0 aromatic heterocycles. The topological polar surface area (TPSA) is 97.5 Å². The van der Waals surface area contributed by atoms with Gasteiger partial charge in [0.25, 0.3) is 0 Å². The summed E-state index contributed by atoms with van der Waals surface area (Å²) < 4.78 is 37.8. The number of hydrogen-bond donors (Lipinski definition) is 2. The Morgan fingerprint density at radius 3 is 2.41 bits per heavy atom. The highest BCUT2D eigenvalue weighted by Crippen LogP contribution is 2.51. The van der Waals surface area contributed by atoms with Crippen LogP contribution >= 0.6 is 0 Å². The van der Waals surface area contributed by atoms with Gasteiger partial charge in [-0.2, -0.15) is 0 Å². The number of aliphatic carboxylic acids is 1. The molecule has 2 aromatic carbocycles. The number of hydrogen-bond acceptors (Lipinski definition) is 3. The van der Waals surface area contributed by atoms with Gasteiger partial charge in [-0.05, 0) is 29.7 Å². The van der Waals surface area contributed by atoms with E-state index in [2.05, 4.69) is 0 Å². The summed E-state index contributed by atoms with van der Waals surface area (Å²) in [6.45, 7) is 1.36. The van der Waals surface area contributed by atoms with Gasteiger partial charge in [-0.25, -0.2) is 17.9 Å². The molecular formula is C15H12FNO4S. The molecule has 0 aliphatic heterocycles. The van der Waals surface area contributed by atoms with E-state index in [0.29, 0.717) is 16.7 Å². The number of halogens is 1. The summed E-state index contributed by atoms with van der Waals surface area (Å²) in [6.07, 6.45) is 0.